The maximum absolute atomic E-state index is 6.00. The summed E-state index contributed by atoms with van der Waals surface area (Å²) in [4.78, 5) is 0. The number of unbranched alkanes of at least 4 members (excludes halogenated alkanes) is 3. The van der Waals surface area contributed by atoms with Crippen LogP contribution in [0.3, 0.4) is 0 Å². The molecule has 0 bridgehead atoms. The third-order valence-corrected chi connectivity index (χ3v) is 6.13. The van der Waals surface area contributed by atoms with Crippen molar-refractivity contribution in [3.05, 3.63) is 0 Å². The van der Waals surface area contributed by atoms with Crippen molar-refractivity contribution < 1.29 is 42.6 Å². The molecule has 0 radical (unpaired) electrons. The maximum atomic E-state index is 6.00. The molecule has 0 heterocycles. The van der Waals surface area contributed by atoms with E-state index in [1.165, 1.54) is 0 Å². The molecule has 0 fully saturated rings. The van der Waals surface area contributed by atoms with E-state index in [4.69, 9.17) is 42.6 Å². The monoisotopic (exact) mass is 566 g/mol. The van der Waals surface area contributed by atoms with Gasteiger partial charge < -0.3 is 42.6 Å². The van der Waals surface area contributed by atoms with E-state index < -0.39 is 0 Å². The van der Waals surface area contributed by atoms with E-state index in [0.717, 1.165) is 64.8 Å². The molecule has 0 amide bonds. The van der Waals surface area contributed by atoms with Crippen molar-refractivity contribution in [2.24, 2.45) is 5.41 Å². The van der Waals surface area contributed by atoms with Crippen LogP contribution in [0.1, 0.15) is 72.6 Å². The number of ether oxygens (including phenoxy) is 9. The van der Waals surface area contributed by atoms with Gasteiger partial charge >= 0.3 is 0 Å². The van der Waals surface area contributed by atoms with E-state index in [-0.39, 0.29) is 5.41 Å². The van der Waals surface area contributed by atoms with Crippen molar-refractivity contribution in [2.45, 2.75) is 72.6 Å². The summed E-state index contributed by atoms with van der Waals surface area (Å²) < 4.78 is 51.4. The van der Waals surface area contributed by atoms with Crippen LogP contribution < -0.4 is 0 Å². The Hall–Kier alpha value is -0.360. The Morgan fingerprint density at radius 3 is 0.769 bits per heavy atom. The predicted molar refractivity (Wildman–Crippen MR) is 155 cm³/mol. The molecule has 236 valence electrons. The third kappa shape index (κ3) is 27.6. The van der Waals surface area contributed by atoms with Gasteiger partial charge in [0.2, 0.25) is 0 Å². The summed E-state index contributed by atoms with van der Waals surface area (Å²) in [5, 5.41) is 0. The van der Waals surface area contributed by atoms with Crippen LogP contribution in [0, 0.1) is 5.41 Å². The Morgan fingerprint density at radius 2 is 0.538 bits per heavy atom. The van der Waals surface area contributed by atoms with Crippen molar-refractivity contribution in [2.75, 3.05) is 119 Å². The van der Waals surface area contributed by atoms with Crippen LogP contribution in [0.2, 0.25) is 0 Å². The van der Waals surface area contributed by atoms with Crippen LogP contribution in [0.15, 0.2) is 0 Å². The standard InChI is InChI=1S/C30H62O9/c1-5-9-12-31-15-18-34-21-24-37-27-30(8-4,28-38-25-22-35-19-16-32-13-10-6-2)29-39-26-23-36-20-17-33-14-11-7-3/h5-29H2,1-4H3. The molecule has 9 heteroatoms. The average Bonchev–Trinajstić information content (AvgIpc) is 2.95. The minimum atomic E-state index is -0.240. The molecule has 0 rings (SSSR count). The molecular weight excluding hydrogens is 504 g/mol. The SMILES string of the molecule is CCCCOCCOCCOCC(CC)(COCCOCCOCCCC)COCCOCCOCCCC. The predicted octanol–water partition coefficient (Wildman–Crippen LogP) is 4.93. The summed E-state index contributed by atoms with van der Waals surface area (Å²) in [6.45, 7) is 19.5. The van der Waals surface area contributed by atoms with E-state index in [1.54, 1.807) is 0 Å². The summed E-state index contributed by atoms with van der Waals surface area (Å²) in [7, 11) is 0. The zero-order valence-corrected chi connectivity index (χ0v) is 25.9. The first-order chi connectivity index (χ1) is 19.2. The third-order valence-electron chi connectivity index (χ3n) is 6.13. The Bertz CT molecular complexity index is 394. The van der Waals surface area contributed by atoms with E-state index in [9.17, 15) is 0 Å². The van der Waals surface area contributed by atoms with Gasteiger partial charge in [-0.05, 0) is 25.7 Å². The second-order valence-corrected chi connectivity index (χ2v) is 9.75. The van der Waals surface area contributed by atoms with Gasteiger partial charge in [0, 0.05) is 25.2 Å². The lowest BCUT2D eigenvalue weighted by molar-refractivity contribution is -0.0917. The van der Waals surface area contributed by atoms with Gasteiger partial charge in [-0.2, -0.15) is 0 Å². The molecule has 9 nitrogen and oxygen atoms in total. The Balaban J connectivity index is 4.22. The number of rotatable bonds is 34. The van der Waals surface area contributed by atoms with Gasteiger partial charge in [-0.1, -0.05) is 47.0 Å². The van der Waals surface area contributed by atoms with E-state index in [1.807, 2.05) is 0 Å². The fourth-order valence-electron chi connectivity index (χ4n) is 3.36. The van der Waals surface area contributed by atoms with Crippen molar-refractivity contribution in [1.29, 1.82) is 0 Å². The smallest absolute Gasteiger partial charge is 0.0701 e. The highest BCUT2D eigenvalue weighted by atomic mass is 16.6. The summed E-state index contributed by atoms with van der Waals surface area (Å²) in [6.07, 6.45) is 7.57. The van der Waals surface area contributed by atoms with Crippen molar-refractivity contribution in [3.63, 3.8) is 0 Å². The fourth-order valence-corrected chi connectivity index (χ4v) is 3.36. The molecule has 0 saturated heterocycles. The summed E-state index contributed by atoms with van der Waals surface area (Å²) in [5.74, 6) is 0. The molecule has 0 N–H and O–H groups in total. The van der Waals surface area contributed by atoms with E-state index >= 15 is 0 Å². The Kier molecular flexibility index (Phi) is 31.9. The second-order valence-electron chi connectivity index (χ2n) is 9.75. The van der Waals surface area contributed by atoms with Crippen LogP contribution in [-0.2, 0) is 42.6 Å². The average molecular weight is 567 g/mol. The maximum Gasteiger partial charge on any atom is 0.0701 e. The van der Waals surface area contributed by atoms with Crippen molar-refractivity contribution in [1.82, 2.24) is 0 Å². The topological polar surface area (TPSA) is 83.1 Å². The molecule has 0 aromatic heterocycles. The molecule has 0 aromatic carbocycles. The van der Waals surface area contributed by atoms with E-state index in [0.29, 0.717) is 99.1 Å². The molecule has 0 spiro atoms. The van der Waals surface area contributed by atoms with Gasteiger partial charge in [0.1, 0.15) is 0 Å². The van der Waals surface area contributed by atoms with Crippen LogP contribution in [0.5, 0.6) is 0 Å². The highest BCUT2D eigenvalue weighted by molar-refractivity contribution is 4.78. The zero-order chi connectivity index (χ0) is 28.5. The molecule has 0 unspecified atom stereocenters. The first-order valence-electron chi connectivity index (χ1n) is 15.4. The molecule has 0 aliphatic heterocycles. The molecular formula is C30H62O9. The van der Waals surface area contributed by atoms with Gasteiger partial charge in [0.25, 0.3) is 0 Å². The second kappa shape index (κ2) is 32.2. The summed E-state index contributed by atoms with van der Waals surface area (Å²) >= 11 is 0. The van der Waals surface area contributed by atoms with Gasteiger partial charge in [-0.25, -0.2) is 0 Å². The lowest BCUT2D eigenvalue weighted by Gasteiger charge is -2.32. The quantitative estimate of drug-likeness (QED) is 0.101. The number of hydrogen-bond donors (Lipinski definition) is 0. The molecule has 39 heavy (non-hydrogen) atoms. The Labute approximate surface area is 239 Å². The molecule has 0 saturated carbocycles. The highest BCUT2D eigenvalue weighted by Gasteiger charge is 2.29. The Morgan fingerprint density at radius 1 is 0.308 bits per heavy atom. The van der Waals surface area contributed by atoms with Gasteiger partial charge in [0.15, 0.2) is 0 Å². The minimum Gasteiger partial charge on any atom is -0.379 e. The fraction of sp³-hybridized carbons (Fsp3) is 1.00. The minimum absolute atomic E-state index is 0.240. The van der Waals surface area contributed by atoms with Crippen LogP contribution >= 0.6 is 0 Å². The van der Waals surface area contributed by atoms with Crippen molar-refractivity contribution >= 4 is 0 Å². The van der Waals surface area contributed by atoms with E-state index in [2.05, 4.69) is 27.7 Å². The largest absolute Gasteiger partial charge is 0.379 e. The lowest BCUT2D eigenvalue weighted by Crippen LogP contribution is -2.38. The molecule has 0 atom stereocenters. The first kappa shape index (κ1) is 38.6. The van der Waals surface area contributed by atoms with Gasteiger partial charge in [0.05, 0.1) is 99.1 Å². The normalized spacial score (nSPS) is 12.0. The van der Waals surface area contributed by atoms with Gasteiger partial charge in [-0.15, -0.1) is 0 Å². The molecule has 0 aromatic rings. The number of hydrogen-bond acceptors (Lipinski definition) is 9. The van der Waals surface area contributed by atoms with Gasteiger partial charge in [-0.3, -0.25) is 0 Å². The summed E-state index contributed by atoms with van der Waals surface area (Å²) in [6, 6.07) is 0. The molecule has 0 aliphatic carbocycles. The summed E-state index contributed by atoms with van der Waals surface area (Å²) in [5.41, 5.74) is -0.240. The van der Waals surface area contributed by atoms with Crippen LogP contribution in [0.4, 0.5) is 0 Å². The van der Waals surface area contributed by atoms with Crippen LogP contribution in [0.25, 0.3) is 0 Å². The molecule has 0 aliphatic rings. The van der Waals surface area contributed by atoms with Crippen molar-refractivity contribution in [3.8, 4) is 0 Å². The lowest BCUT2D eigenvalue weighted by atomic mass is 9.88. The zero-order valence-electron chi connectivity index (χ0n) is 25.9. The van der Waals surface area contributed by atoms with Crippen LogP contribution in [-0.4, -0.2) is 119 Å². The highest BCUT2D eigenvalue weighted by Crippen LogP contribution is 2.24. The first-order valence-corrected chi connectivity index (χ1v) is 15.4.